The number of anilines is 1. The fourth-order valence-corrected chi connectivity index (χ4v) is 3.32. The molecule has 0 saturated heterocycles. The van der Waals surface area contributed by atoms with Crippen LogP contribution < -0.4 is 5.32 Å². The van der Waals surface area contributed by atoms with Gasteiger partial charge in [0.1, 0.15) is 0 Å². The van der Waals surface area contributed by atoms with Crippen LogP contribution in [0, 0.1) is 25.7 Å². The number of benzene rings is 2. The van der Waals surface area contributed by atoms with Crippen molar-refractivity contribution in [2.45, 2.75) is 13.8 Å². The summed E-state index contributed by atoms with van der Waals surface area (Å²) < 4.78 is 0. The van der Waals surface area contributed by atoms with E-state index in [1.807, 2.05) is 74.5 Å². The molecular formula is C21H17NOS. The molecule has 2 aromatic carbocycles. The van der Waals surface area contributed by atoms with E-state index in [2.05, 4.69) is 17.2 Å². The molecule has 0 bridgehead atoms. The molecule has 0 atom stereocenters. The molecule has 0 aliphatic rings. The topological polar surface area (TPSA) is 29.1 Å². The first-order valence-electron chi connectivity index (χ1n) is 7.67. The summed E-state index contributed by atoms with van der Waals surface area (Å²) in [5, 5.41) is 2.95. The predicted octanol–water partition coefficient (Wildman–Crippen LogP) is 5.02. The molecule has 0 radical (unpaired) electrons. The second-order valence-corrected chi connectivity index (χ2v) is 6.94. The lowest BCUT2D eigenvalue weighted by Crippen LogP contribution is -2.12. The summed E-state index contributed by atoms with van der Waals surface area (Å²) in [6, 6.07) is 19.4. The van der Waals surface area contributed by atoms with Crippen molar-refractivity contribution in [1.82, 2.24) is 0 Å². The van der Waals surface area contributed by atoms with E-state index in [4.69, 9.17) is 0 Å². The Balaban J connectivity index is 1.77. The van der Waals surface area contributed by atoms with Gasteiger partial charge in [-0.05, 0) is 50.2 Å². The Bertz CT molecular complexity index is 929. The largest absolute Gasteiger partial charge is 0.322 e. The van der Waals surface area contributed by atoms with Gasteiger partial charge in [-0.15, -0.1) is 11.3 Å². The minimum absolute atomic E-state index is 0.0787. The first-order valence-corrected chi connectivity index (χ1v) is 8.49. The molecule has 0 aliphatic carbocycles. The first-order chi connectivity index (χ1) is 11.6. The summed E-state index contributed by atoms with van der Waals surface area (Å²) in [5.74, 6) is 6.18. The molecule has 0 spiro atoms. The van der Waals surface area contributed by atoms with E-state index < -0.39 is 0 Å². The van der Waals surface area contributed by atoms with E-state index >= 15 is 0 Å². The summed E-state index contributed by atoms with van der Waals surface area (Å²) in [6.07, 6.45) is 0. The lowest BCUT2D eigenvalue weighted by atomic mass is 10.1. The average Bonchev–Trinajstić information content (AvgIpc) is 2.93. The quantitative estimate of drug-likeness (QED) is 0.657. The highest BCUT2D eigenvalue weighted by Gasteiger charge is 2.12. The van der Waals surface area contributed by atoms with Crippen molar-refractivity contribution in [2.24, 2.45) is 0 Å². The summed E-state index contributed by atoms with van der Waals surface area (Å²) in [5.41, 5.74) is 3.33. The van der Waals surface area contributed by atoms with Crippen molar-refractivity contribution in [2.75, 3.05) is 5.32 Å². The molecule has 1 aromatic heterocycles. The molecule has 24 heavy (non-hydrogen) atoms. The minimum atomic E-state index is -0.0787. The molecule has 3 aromatic rings. The third kappa shape index (κ3) is 3.92. The molecular weight excluding hydrogens is 314 g/mol. The Morgan fingerprint density at radius 3 is 2.33 bits per heavy atom. The summed E-state index contributed by atoms with van der Waals surface area (Å²) >= 11 is 1.63. The molecule has 0 unspecified atom stereocenters. The van der Waals surface area contributed by atoms with Gasteiger partial charge in [-0.2, -0.15) is 0 Å². The van der Waals surface area contributed by atoms with Crippen LogP contribution >= 0.6 is 11.3 Å². The van der Waals surface area contributed by atoms with Gasteiger partial charge in [-0.3, -0.25) is 4.79 Å². The smallest absolute Gasteiger partial charge is 0.256 e. The highest BCUT2D eigenvalue weighted by Crippen LogP contribution is 2.22. The summed E-state index contributed by atoms with van der Waals surface area (Å²) in [6.45, 7) is 3.97. The van der Waals surface area contributed by atoms with Gasteiger partial charge < -0.3 is 5.32 Å². The van der Waals surface area contributed by atoms with Crippen LogP contribution in [0.2, 0.25) is 0 Å². The Morgan fingerprint density at radius 2 is 1.62 bits per heavy atom. The van der Waals surface area contributed by atoms with Gasteiger partial charge >= 0.3 is 0 Å². The third-order valence-corrected chi connectivity index (χ3v) is 4.50. The Labute approximate surface area is 146 Å². The van der Waals surface area contributed by atoms with Gasteiger partial charge in [-0.1, -0.05) is 36.1 Å². The zero-order valence-corrected chi connectivity index (χ0v) is 14.4. The highest BCUT2D eigenvalue weighted by molar-refractivity contribution is 7.12. The Hall–Kier alpha value is -2.83. The van der Waals surface area contributed by atoms with Crippen LogP contribution in [0.5, 0.6) is 0 Å². The van der Waals surface area contributed by atoms with Crippen LogP contribution in [0.25, 0.3) is 0 Å². The van der Waals surface area contributed by atoms with E-state index in [0.29, 0.717) is 0 Å². The molecule has 1 heterocycles. The number of thiophene rings is 1. The lowest BCUT2D eigenvalue weighted by Gasteiger charge is -2.05. The van der Waals surface area contributed by atoms with Crippen LogP contribution in [0.3, 0.4) is 0 Å². The monoisotopic (exact) mass is 331 g/mol. The number of carbonyl (C=O) groups is 1. The summed E-state index contributed by atoms with van der Waals surface area (Å²) in [7, 11) is 0. The van der Waals surface area contributed by atoms with Crippen LogP contribution in [0.1, 0.15) is 31.2 Å². The fraction of sp³-hybridized carbons (Fsp3) is 0.0952. The minimum Gasteiger partial charge on any atom is -0.322 e. The standard InChI is InChI=1S/C21H17NOS/c1-15-13-20(16(2)24-15)21(23)22-19-10-6-9-18(14-19)12-11-17-7-4-3-5-8-17/h3-10,13-14H,1-2H3,(H,22,23). The van der Waals surface area contributed by atoms with E-state index in [-0.39, 0.29) is 5.91 Å². The maximum atomic E-state index is 12.4. The molecule has 2 nitrogen and oxygen atoms in total. The molecule has 3 rings (SSSR count). The van der Waals surface area contributed by atoms with Crippen molar-refractivity contribution in [3.8, 4) is 11.8 Å². The normalized spacial score (nSPS) is 9.92. The van der Waals surface area contributed by atoms with Gasteiger partial charge in [0.05, 0.1) is 5.56 Å². The number of rotatable bonds is 2. The van der Waals surface area contributed by atoms with E-state index in [9.17, 15) is 4.79 Å². The van der Waals surface area contributed by atoms with Crippen LogP contribution in [0.4, 0.5) is 5.69 Å². The SMILES string of the molecule is Cc1cc(C(=O)Nc2cccc(C#Cc3ccccc3)c2)c(C)s1. The number of carbonyl (C=O) groups excluding carboxylic acids is 1. The second kappa shape index (κ2) is 7.16. The average molecular weight is 331 g/mol. The lowest BCUT2D eigenvalue weighted by molar-refractivity contribution is 0.102. The Morgan fingerprint density at radius 1 is 0.917 bits per heavy atom. The fourth-order valence-electron chi connectivity index (χ4n) is 2.40. The molecule has 0 saturated carbocycles. The molecule has 3 heteroatoms. The van der Waals surface area contributed by atoms with Gasteiger partial charge in [0.25, 0.3) is 5.91 Å². The van der Waals surface area contributed by atoms with Crippen molar-refractivity contribution < 1.29 is 4.79 Å². The Kier molecular flexibility index (Phi) is 4.79. The number of amides is 1. The van der Waals surface area contributed by atoms with Gasteiger partial charge in [0.2, 0.25) is 0 Å². The second-order valence-electron chi connectivity index (χ2n) is 5.48. The molecule has 0 aliphatic heterocycles. The predicted molar refractivity (Wildman–Crippen MR) is 101 cm³/mol. The van der Waals surface area contributed by atoms with E-state index in [1.54, 1.807) is 11.3 Å². The molecule has 1 N–H and O–H groups in total. The van der Waals surface area contributed by atoms with Crippen molar-refractivity contribution in [1.29, 1.82) is 0 Å². The van der Waals surface area contributed by atoms with Crippen molar-refractivity contribution >= 4 is 22.9 Å². The number of hydrogen-bond donors (Lipinski definition) is 1. The molecule has 118 valence electrons. The molecule has 1 amide bonds. The number of hydrogen-bond acceptors (Lipinski definition) is 2. The van der Waals surface area contributed by atoms with Crippen LogP contribution in [-0.2, 0) is 0 Å². The maximum Gasteiger partial charge on any atom is 0.256 e. The number of aryl methyl sites for hydroxylation is 2. The third-order valence-electron chi connectivity index (χ3n) is 3.53. The zero-order valence-electron chi connectivity index (χ0n) is 13.6. The molecule has 0 fully saturated rings. The van der Waals surface area contributed by atoms with Gasteiger partial charge in [0.15, 0.2) is 0 Å². The van der Waals surface area contributed by atoms with Crippen LogP contribution in [0.15, 0.2) is 60.7 Å². The van der Waals surface area contributed by atoms with Gasteiger partial charge in [0, 0.05) is 26.6 Å². The van der Waals surface area contributed by atoms with Crippen molar-refractivity contribution in [3.05, 3.63) is 87.1 Å². The maximum absolute atomic E-state index is 12.4. The zero-order chi connectivity index (χ0) is 16.9. The van der Waals surface area contributed by atoms with Crippen molar-refractivity contribution in [3.63, 3.8) is 0 Å². The number of nitrogens with one attached hydrogen (secondary N) is 1. The van der Waals surface area contributed by atoms with Crippen LogP contribution in [-0.4, -0.2) is 5.91 Å². The van der Waals surface area contributed by atoms with Gasteiger partial charge in [-0.25, -0.2) is 0 Å². The van der Waals surface area contributed by atoms with E-state index in [1.165, 1.54) is 0 Å². The van der Waals surface area contributed by atoms with E-state index in [0.717, 1.165) is 32.1 Å². The summed E-state index contributed by atoms with van der Waals surface area (Å²) in [4.78, 5) is 14.6. The first kappa shape index (κ1) is 16.0. The highest BCUT2D eigenvalue weighted by atomic mass is 32.1.